The normalized spacial score (nSPS) is 10.2. The van der Waals surface area contributed by atoms with E-state index in [1.807, 2.05) is 0 Å². The van der Waals surface area contributed by atoms with Crippen LogP contribution in [0.2, 0.25) is 0 Å². The van der Waals surface area contributed by atoms with Crippen LogP contribution in [0.3, 0.4) is 0 Å². The van der Waals surface area contributed by atoms with E-state index in [2.05, 4.69) is 5.10 Å². The Morgan fingerprint density at radius 2 is 2.33 bits per heavy atom. The van der Waals surface area contributed by atoms with Crippen LogP contribution < -0.4 is 0 Å². The van der Waals surface area contributed by atoms with E-state index in [1.165, 1.54) is 11.6 Å². The number of aliphatic hydroxyl groups is 1. The number of hydrogen-bond donors (Lipinski definition) is 1. The molecule has 0 aliphatic heterocycles. The Bertz CT molecular complexity index is 318. The molecule has 0 unspecified atom stereocenters. The zero-order valence-electron chi connectivity index (χ0n) is 6.81. The molecule has 0 atom stereocenters. The van der Waals surface area contributed by atoms with Gasteiger partial charge in [-0.15, -0.1) is 0 Å². The Morgan fingerprint density at radius 3 is 2.67 bits per heavy atom. The van der Waals surface area contributed by atoms with E-state index in [-0.39, 0.29) is 18.0 Å². The predicted molar refractivity (Wildman–Crippen MR) is 40.5 cm³/mol. The molecule has 1 N–H and O–H groups in total. The summed E-state index contributed by atoms with van der Waals surface area (Å²) in [6.45, 7) is 1.17. The SMILES string of the molecule is Cc1nn(C)c(CO)c1[N+](=O)[O-]. The molecule has 0 saturated heterocycles. The molecule has 12 heavy (non-hydrogen) atoms. The first-order valence-corrected chi connectivity index (χ1v) is 3.35. The van der Waals surface area contributed by atoms with Crippen LogP contribution in [0.4, 0.5) is 5.69 Å². The van der Waals surface area contributed by atoms with Crippen molar-refractivity contribution in [3.63, 3.8) is 0 Å². The molecule has 0 saturated carbocycles. The van der Waals surface area contributed by atoms with E-state index >= 15 is 0 Å². The Balaban J connectivity index is 3.32. The van der Waals surface area contributed by atoms with Crippen molar-refractivity contribution in [2.45, 2.75) is 13.5 Å². The van der Waals surface area contributed by atoms with Gasteiger partial charge in [-0.1, -0.05) is 0 Å². The molecule has 0 radical (unpaired) electrons. The largest absolute Gasteiger partial charge is 0.390 e. The minimum Gasteiger partial charge on any atom is -0.390 e. The number of hydrogen-bond acceptors (Lipinski definition) is 4. The quantitative estimate of drug-likeness (QED) is 0.506. The lowest BCUT2D eigenvalue weighted by Crippen LogP contribution is -2.00. The van der Waals surface area contributed by atoms with Gasteiger partial charge in [0.1, 0.15) is 11.4 Å². The van der Waals surface area contributed by atoms with E-state index in [0.717, 1.165) is 0 Å². The van der Waals surface area contributed by atoms with Crippen LogP contribution in [0.1, 0.15) is 11.4 Å². The number of aromatic nitrogens is 2. The van der Waals surface area contributed by atoms with E-state index < -0.39 is 4.92 Å². The summed E-state index contributed by atoms with van der Waals surface area (Å²) in [4.78, 5) is 9.92. The molecule has 1 aromatic rings. The van der Waals surface area contributed by atoms with Crippen LogP contribution in [0, 0.1) is 17.0 Å². The molecule has 6 nitrogen and oxygen atoms in total. The number of aliphatic hydroxyl groups excluding tert-OH is 1. The summed E-state index contributed by atoms with van der Waals surface area (Å²) in [6.07, 6.45) is 0. The Hall–Kier alpha value is -1.43. The zero-order valence-corrected chi connectivity index (χ0v) is 6.81. The Morgan fingerprint density at radius 1 is 1.75 bits per heavy atom. The molecule has 0 aliphatic rings. The minimum absolute atomic E-state index is 0.0972. The molecule has 0 spiro atoms. The van der Waals surface area contributed by atoms with E-state index in [0.29, 0.717) is 5.69 Å². The average Bonchev–Trinajstić information content (AvgIpc) is 2.24. The second-order valence-corrected chi connectivity index (χ2v) is 2.42. The third-order valence-electron chi connectivity index (χ3n) is 1.64. The second kappa shape index (κ2) is 2.90. The molecular formula is C6H9N3O3. The molecule has 1 heterocycles. The van der Waals surface area contributed by atoms with Crippen LogP contribution in [-0.2, 0) is 13.7 Å². The highest BCUT2D eigenvalue weighted by Gasteiger charge is 2.22. The molecule has 0 aromatic carbocycles. The van der Waals surface area contributed by atoms with Gasteiger partial charge in [0.15, 0.2) is 0 Å². The maximum Gasteiger partial charge on any atom is 0.315 e. The van der Waals surface area contributed by atoms with E-state index in [4.69, 9.17) is 5.11 Å². The van der Waals surface area contributed by atoms with Crippen LogP contribution >= 0.6 is 0 Å². The highest BCUT2D eigenvalue weighted by molar-refractivity contribution is 5.39. The van der Waals surface area contributed by atoms with E-state index in [9.17, 15) is 10.1 Å². The van der Waals surface area contributed by atoms with Crippen molar-refractivity contribution < 1.29 is 10.0 Å². The molecular weight excluding hydrogens is 162 g/mol. The smallest absolute Gasteiger partial charge is 0.315 e. The summed E-state index contributed by atoms with van der Waals surface area (Å²) in [5.74, 6) is 0. The molecule has 6 heteroatoms. The zero-order chi connectivity index (χ0) is 9.30. The highest BCUT2D eigenvalue weighted by Crippen LogP contribution is 2.21. The molecule has 0 amide bonds. The number of rotatable bonds is 2. The van der Waals surface area contributed by atoms with Crippen molar-refractivity contribution in [1.82, 2.24) is 9.78 Å². The fourth-order valence-corrected chi connectivity index (χ4v) is 1.11. The third kappa shape index (κ3) is 1.16. The summed E-state index contributed by atoms with van der Waals surface area (Å²) in [5, 5.41) is 23.1. The maximum atomic E-state index is 10.5. The first-order valence-electron chi connectivity index (χ1n) is 3.35. The lowest BCUT2D eigenvalue weighted by atomic mass is 10.3. The monoisotopic (exact) mass is 171 g/mol. The second-order valence-electron chi connectivity index (χ2n) is 2.42. The molecule has 0 bridgehead atoms. The predicted octanol–water partition coefficient (Wildman–Crippen LogP) is 0.129. The Labute approximate surface area is 68.6 Å². The van der Waals surface area contributed by atoms with Crippen molar-refractivity contribution in [3.05, 3.63) is 21.5 Å². The first kappa shape index (κ1) is 8.66. The summed E-state index contributed by atoms with van der Waals surface area (Å²) in [7, 11) is 1.56. The first-order chi connectivity index (χ1) is 5.57. The minimum atomic E-state index is -0.534. The fraction of sp³-hybridized carbons (Fsp3) is 0.500. The molecule has 1 aromatic heterocycles. The van der Waals surface area contributed by atoms with E-state index in [1.54, 1.807) is 7.05 Å². The maximum absolute atomic E-state index is 10.5. The summed E-state index contributed by atoms with van der Waals surface area (Å²) in [6, 6.07) is 0. The van der Waals surface area contributed by atoms with Gasteiger partial charge in [-0.05, 0) is 6.92 Å². The summed E-state index contributed by atoms with van der Waals surface area (Å²) < 4.78 is 1.31. The average molecular weight is 171 g/mol. The van der Waals surface area contributed by atoms with Crippen LogP contribution in [0.25, 0.3) is 0 Å². The topological polar surface area (TPSA) is 81.2 Å². The fourth-order valence-electron chi connectivity index (χ4n) is 1.11. The third-order valence-corrected chi connectivity index (χ3v) is 1.64. The Kier molecular flexibility index (Phi) is 2.09. The standard InChI is InChI=1S/C6H9N3O3/c1-4-6(9(11)12)5(3-10)8(2)7-4/h10H,3H2,1-2H3. The van der Waals surface area contributed by atoms with Gasteiger partial charge in [0.25, 0.3) is 0 Å². The van der Waals surface area contributed by atoms with Crippen molar-refractivity contribution >= 4 is 5.69 Å². The van der Waals surface area contributed by atoms with Crippen molar-refractivity contribution in [2.24, 2.45) is 7.05 Å². The molecule has 1 rings (SSSR count). The lowest BCUT2D eigenvalue weighted by Gasteiger charge is -1.94. The van der Waals surface area contributed by atoms with Crippen LogP contribution in [-0.4, -0.2) is 19.8 Å². The van der Waals surface area contributed by atoms with Gasteiger partial charge >= 0.3 is 5.69 Å². The van der Waals surface area contributed by atoms with Gasteiger partial charge in [-0.25, -0.2) is 0 Å². The van der Waals surface area contributed by atoms with Gasteiger partial charge in [0.2, 0.25) is 0 Å². The summed E-state index contributed by atoms with van der Waals surface area (Å²) in [5.41, 5.74) is 0.462. The van der Waals surface area contributed by atoms with Gasteiger partial charge in [-0.3, -0.25) is 14.8 Å². The van der Waals surface area contributed by atoms with Crippen LogP contribution in [0.5, 0.6) is 0 Å². The molecule has 66 valence electrons. The molecule has 0 aliphatic carbocycles. The van der Waals surface area contributed by atoms with Crippen molar-refractivity contribution in [2.75, 3.05) is 0 Å². The number of nitrogens with zero attached hydrogens (tertiary/aromatic N) is 3. The summed E-state index contributed by atoms with van der Waals surface area (Å²) >= 11 is 0. The van der Waals surface area contributed by atoms with Crippen LogP contribution in [0.15, 0.2) is 0 Å². The number of nitro groups is 1. The number of aryl methyl sites for hydroxylation is 2. The lowest BCUT2D eigenvalue weighted by molar-refractivity contribution is -0.386. The molecule has 0 fully saturated rings. The van der Waals surface area contributed by atoms with Crippen molar-refractivity contribution in [1.29, 1.82) is 0 Å². The van der Waals surface area contributed by atoms with Gasteiger partial charge < -0.3 is 5.11 Å². The van der Waals surface area contributed by atoms with Gasteiger partial charge in [-0.2, -0.15) is 5.10 Å². The highest BCUT2D eigenvalue weighted by atomic mass is 16.6. The van der Waals surface area contributed by atoms with Gasteiger partial charge in [0.05, 0.1) is 11.5 Å². The van der Waals surface area contributed by atoms with Gasteiger partial charge in [0, 0.05) is 7.05 Å². The van der Waals surface area contributed by atoms with Crippen molar-refractivity contribution in [3.8, 4) is 0 Å².